The van der Waals surface area contributed by atoms with Crippen LogP contribution in [0.2, 0.25) is 0 Å². The molecule has 1 fully saturated rings. The summed E-state index contributed by atoms with van der Waals surface area (Å²) in [5.74, 6) is 0. The summed E-state index contributed by atoms with van der Waals surface area (Å²) in [7, 11) is 0. The molecule has 0 amide bonds. The van der Waals surface area contributed by atoms with Crippen molar-refractivity contribution < 1.29 is 0 Å². The van der Waals surface area contributed by atoms with Crippen molar-refractivity contribution in [3.63, 3.8) is 0 Å². The summed E-state index contributed by atoms with van der Waals surface area (Å²) >= 11 is 1.76. The number of nitrogens with two attached hydrogens (primary N) is 1. The molecule has 4 rings (SSSR count). The molecule has 25 heavy (non-hydrogen) atoms. The SMILES string of the molecule is Br.CC1(C)CCCc2ccc(-c3csc(N4CCC(N)CC4)n3)cc21. The number of fused-ring (bicyclic) bond motifs is 1. The van der Waals surface area contributed by atoms with E-state index in [1.807, 2.05) is 0 Å². The van der Waals surface area contributed by atoms with Crippen LogP contribution in [0.25, 0.3) is 11.3 Å². The van der Waals surface area contributed by atoms with E-state index in [2.05, 4.69) is 42.3 Å². The van der Waals surface area contributed by atoms with E-state index >= 15 is 0 Å². The smallest absolute Gasteiger partial charge is 0.185 e. The zero-order chi connectivity index (χ0) is 16.7. The predicted octanol–water partition coefficient (Wildman–Crippen LogP) is 4.93. The standard InChI is InChI=1S/C20H27N3S.BrH/c1-20(2)9-3-4-14-5-6-15(12-17(14)20)18-13-24-19(22-18)23-10-7-16(21)8-11-23;/h5-6,12-13,16H,3-4,7-11,21H2,1-2H3;1H. The Morgan fingerprint density at radius 1 is 1.24 bits per heavy atom. The van der Waals surface area contributed by atoms with Gasteiger partial charge in [0.1, 0.15) is 0 Å². The van der Waals surface area contributed by atoms with Crippen molar-refractivity contribution in [2.45, 2.75) is 57.4 Å². The van der Waals surface area contributed by atoms with Gasteiger partial charge in [-0.05, 0) is 54.7 Å². The topological polar surface area (TPSA) is 42.1 Å². The number of thiazole rings is 1. The average molecular weight is 422 g/mol. The number of hydrogen-bond acceptors (Lipinski definition) is 4. The monoisotopic (exact) mass is 421 g/mol. The highest BCUT2D eigenvalue weighted by Crippen LogP contribution is 2.39. The molecule has 2 aliphatic rings. The number of aryl methyl sites for hydroxylation is 1. The molecule has 0 atom stereocenters. The summed E-state index contributed by atoms with van der Waals surface area (Å²) in [5.41, 5.74) is 11.7. The second-order valence-electron chi connectivity index (χ2n) is 7.95. The van der Waals surface area contributed by atoms with Crippen LogP contribution in [0.15, 0.2) is 23.6 Å². The Kier molecular flexibility index (Phi) is 5.57. The minimum absolute atomic E-state index is 0. The molecule has 0 spiro atoms. The highest BCUT2D eigenvalue weighted by atomic mass is 79.9. The van der Waals surface area contributed by atoms with Crippen molar-refractivity contribution in [3.8, 4) is 11.3 Å². The Morgan fingerprint density at radius 3 is 2.76 bits per heavy atom. The van der Waals surface area contributed by atoms with E-state index < -0.39 is 0 Å². The Morgan fingerprint density at radius 2 is 2.00 bits per heavy atom. The number of nitrogens with zero attached hydrogens (tertiary/aromatic N) is 2. The van der Waals surface area contributed by atoms with E-state index in [0.29, 0.717) is 6.04 Å². The molecule has 2 N–H and O–H groups in total. The summed E-state index contributed by atoms with van der Waals surface area (Å²) < 4.78 is 0. The number of hydrogen-bond donors (Lipinski definition) is 1. The van der Waals surface area contributed by atoms with Crippen molar-refractivity contribution in [2.24, 2.45) is 5.73 Å². The largest absolute Gasteiger partial charge is 0.348 e. The molecule has 1 aromatic heterocycles. The van der Waals surface area contributed by atoms with Gasteiger partial charge in [0.15, 0.2) is 5.13 Å². The third kappa shape index (κ3) is 3.79. The lowest BCUT2D eigenvalue weighted by Gasteiger charge is -2.32. The Balaban J connectivity index is 0.00000182. The van der Waals surface area contributed by atoms with Crippen LogP contribution in [0.4, 0.5) is 5.13 Å². The van der Waals surface area contributed by atoms with E-state index in [1.165, 1.54) is 36.0 Å². The summed E-state index contributed by atoms with van der Waals surface area (Å²) in [6.45, 7) is 6.81. The maximum Gasteiger partial charge on any atom is 0.185 e. The fraction of sp³-hybridized carbons (Fsp3) is 0.550. The molecule has 0 saturated carbocycles. The maximum absolute atomic E-state index is 6.02. The highest BCUT2D eigenvalue weighted by molar-refractivity contribution is 8.93. The van der Waals surface area contributed by atoms with Gasteiger partial charge in [-0.25, -0.2) is 4.98 Å². The molecule has 2 heterocycles. The van der Waals surface area contributed by atoms with E-state index in [1.54, 1.807) is 11.3 Å². The molecule has 5 heteroatoms. The van der Waals surface area contributed by atoms with Crippen LogP contribution in [0.1, 0.15) is 50.7 Å². The number of piperidine rings is 1. The molecular weight excluding hydrogens is 394 g/mol. The third-order valence-electron chi connectivity index (χ3n) is 5.68. The number of halogens is 1. The van der Waals surface area contributed by atoms with Crippen LogP contribution in [0.5, 0.6) is 0 Å². The van der Waals surface area contributed by atoms with Gasteiger partial charge in [-0.3, -0.25) is 0 Å². The Hall–Kier alpha value is -0.910. The van der Waals surface area contributed by atoms with Gasteiger partial charge in [0, 0.05) is 30.1 Å². The van der Waals surface area contributed by atoms with Crippen LogP contribution < -0.4 is 10.6 Å². The number of aromatic nitrogens is 1. The molecule has 0 radical (unpaired) electrons. The molecule has 2 aromatic rings. The molecular formula is C20H28BrN3S. The molecule has 1 aliphatic heterocycles. The predicted molar refractivity (Wildman–Crippen MR) is 113 cm³/mol. The Labute approximate surface area is 165 Å². The minimum Gasteiger partial charge on any atom is -0.348 e. The molecule has 1 aromatic carbocycles. The van der Waals surface area contributed by atoms with E-state index in [0.717, 1.165) is 36.8 Å². The highest BCUT2D eigenvalue weighted by Gasteiger charge is 2.27. The lowest BCUT2D eigenvalue weighted by atomic mass is 9.72. The lowest BCUT2D eigenvalue weighted by Crippen LogP contribution is -2.39. The fourth-order valence-electron chi connectivity index (χ4n) is 4.07. The molecule has 0 unspecified atom stereocenters. The van der Waals surface area contributed by atoms with E-state index in [-0.39, 0.29) is 22.4 Å². The average Bonchev–Trinajstić information content (AvgIpc) is 3.05. The summed E-state index contributed by atoms with van der Waals surface area (Å²) in [6.07, 6.45) is 5.94. The third-order valence-corrected chi connectivity index (χ3v) is 6.59. The van der Waals surface area contributed by atoms with Gasteiger partial charge in [0.05, 0.1) is 5.69 Å². The first-order valence-corrected chi connectivity index (χ1v) is 10.0. The van der Waals surface area contributed by atoms with Crippen molar-refractivity contribution in [1.82, 2.24) is 4.98 Å². The zero-order valence-corrected chi connectivity index (χ0v) is 17.7. The fourth-order valence-corrected chi connectivity index (χ4v) is 4.96. The first-order valence-electron chi connectivity index (χ1n) is 9.13. The van der Waals surface area contributed by atoms with Gasteiger partial charge in [0.25, 0.3) is 0 Å². The van der Waals surface area contributed by atoms with Crippen molar-refractivity contribution in [2.75, 3.05) is 18.0 Å². The Bertz CT molecular complexity index is 732. The van der Waals surface area contributed by atoms with Gasteiger partial charge < -0.3 is 10.6 Å². The molecule has 3 nitrogen and oxygen atoms in total. The number of anilines is 1. The van der Waals surface area contributed by atoms with Gasteiger partial charge in [-0.1, -0.05) is 26.0 Å². The van der Waals surface area contributed by atoms with Gasteiger partial charge in [-0.15, -0.1) is 28.3 Å². The number of rotatable bonds is 2. The van der Waals surface area contributed by atoms with E-state index in [9.17, 15) is 0 Å². The van der Waals surface area contributed by atoms with Gasteiger partial charge in [-0.2, -0.15) is 0 Å². The van der Waals surface area contributed by atoms with Crippen molar-refractivity contribution >= 4 is 33.4 Å². The maximum atomic E-state index is 6.02. The minimum atomic E-state index is 0. The van der Waals surface area contributed by atoms with Crippen LogP contribution in [0, 0.1) is 0 Å². The number of benzene rings is 1. The second-order valence-corrected chi connectivity index (χ2v) is 8.79. The zero-order valence-electron chi connectivity index (χ0n) is 15.1. The van der Waals surface area contributed by atoms with E-state index in [4.69, 9.17) is 10.7 Å². The molecule has 1 saturated heterocycles. The summed E-state index contributed by atoms with van der Waals surface area (Å²) in [6, 6.07) is 7.33. The lowest BCUT2D eigenvalue weighted by molar-refractivity contribution is 0.432. The molecule has 0 bridgehead atoms. The van der Waals surface area contributed by atoms with Gasteiger partial charge in [0.2, 0.25) is 0 Å². The van der Waals surface area contributed by atoms with Crippen molar-refractivity contribution in [3.05, 3.63) is 34.7 Å². The van der Waals surface area contributed by atoms with Crippen molar-refractivity contribution in [1.29, 1.82) is 0 Å². The van der Waals surface area contributed by atoms with Crippen LogP contribution in [-0.2, 0) is 11.8 Å². The summed E-state index contributed by atoms with van der Waals surface area (Å²) in [4.78, 5) is 7.32. The first-order chi connectivity index (χ1) is 11.5. The summed E-state index contributed by atoms with van der Waals surface area (Å²) in [5, 5.41) is 3.36. The normalized spacial score (nSPS) is 20.0. The quantitative estimate of drug-likeness (QED) is 0.746. The first kappa shape index (κ1) is 18.9. The van der Waals surface area contributed by atoms with Gasteiger partial charge >= 0.3 is 0 Å². The molecule has 1 aliphatic carbocycles. The van der Waals surface area contributed by atoms with Crippen LogP contribution in [-0.4, -0.2) is 24.1 Å². The van der Waals surface area contributed by atoms with Crippen LogP contribution >= 0.6 is 28.3 Å². The second kappa shape index (κ2) is 7.37. The van der Waals surface area contributed by atoms with Crippen LogP contribution in [0.3, 0.4) is 0 Å². The molecule has 136 valence electrons.